The number of aromatic nitrogens is 2. The van der Waals surface area contributed by atoms with Crippen LogP contribution in [0.5, 0.6) is 0 Å². The van der Waals surface area contributed by atoms with Gasteiger partial charge < -0.3 is 24.3 Å². The van der Waals surface area contributed by atoms with Crippen molar-refractivity contribution in [2.24, 2.45) is 0 Å². The highest BCUT2D eigenvalue weighted by atomic mass is 16.6. The molecule has 1 unspecified atom stereocenters. The number of alkyl carbamates (subject to hydrolysis) is 1. The van der Waals surface area contributed by atoms with Crippen LogP contribution in [0.15, 0.2) is 42.5 Å². The third kappa shape index (κ3) is 8.06. The van der Waals surface area contributed by atoms with E-state index in [0.29, 0.717) is 36.0 Å². The molecule has 0 aliphatic heterocycles. The highest BCUT2D eigenvalue weighted by molar-refractivity contribution is 6.08. The number of para-hydroxylation sites is 1. The van der Waals surface area contributed by atoms with Crippen LogP contribution in [0.1, 0.15) is 84.1 Å². The van der Waals surface area contributed by atoms with Crippen LogP contribution in [-0.4, -0.2) is 71.7 Å². The van der Waals surface area contributed by atoms with Crippen molar-refractivity contribution < 1.29 is 28.7 Å². The summed E-state index contributed by atoms with van der Waals surface area (Å²) < 4.78 is 11.9. The number of imidazole rings is 1. The molecule has 0 aliphatic carbocycles. The first-order valence-electron chi connectivity index (χ1n) is 13.5. The maximum Gasteiger partial charge on any atom is 0.407 e. The molecular weight excluding hydrogens is 526 g/mol. The molecule has 41 heavy (non-hydrogen) atoms. The molecule has 1 aromatic heterocycles. The molecule has 1 heterocycles. The van der Waals surface area contributed by atoms with Gasteiger partial charge in [-0.25, -0.2) is 14.6 Å². The Balaban J connectivity index is 1.87. The number of benzene rings is 2. The molecule has 0 saturated heterocycles. The zero-order valence-electron chi connectivity index (χ0n) is 24.7. The van der Waals surface area contributed by atoms with Crippen LogP contribution in [0.3, 0.4) is 0 Å². The quantitative estimate of drug-likeness (QED) is 0.260. The summed E-state index contributed by atoms with van der Waals surface area (Å²) in [7, 11) is 4.64. The molecule has 3 aromatic rings. The molecule has 0 bridgehead atoms. The van der Waals surface area contributed by atoms with Crippen molar-refractivity contribution in [3.05, 3.63) is 59.2 Å². The lowest BCUT2D eigenvalue weighted by Gasteiger charge is -2.21. The number of amides is 3. The Kier molecular flexibility index (Phi) is 10.1. The van der Waals surface area contributed by atoms with Gasteiger partial charge in [0.1, 0.15) is 5.60 Å². The van der Waals surface area contributed by atoms with E-state index in [1.54, 1.807) is 50.5 Å². The second kappa shape index (κ2) is 13.3. The summed E-state index contributed by atoms with van der Waals surface area (Å²) in [5, 5.41) is 5.64. The fourth-order valence-corrected chi connectivity index (χ4v) is 4.36. The highest BCUT2D eigenvalue weighted by Gasteiger charge is 2.24. The van der Waals surface area contributed by atoms with Crippen LogP contribution in [0.25, 0.3) is 11.0 Å². The number of hydrogen-bond acceptors (Lipinski definition) is 7. The van der Waals surface area contributed by atoms with Gasteiger partial charge in [0.25, 0.3) is 11.8 Å². The molecule has 11 nitrogen and oxygen atoms in total. The van der Waals surface area contributed by atoms with Gasteiger partial charge in [-0.2, -0.15) is 0 Å². The minimum absolute atomic E-state index is 0.158. The molecular formula is C30H39N5O6. The Morgan fingerprint density at radius 1 is 1.02 bits per heavy atom. The summed E-state index contributed by atoms with van der Waals surface area (Å²) in [6, 6.07) is 11.4. The molecule has 0 fully saturated rings. The van der Waals surface area contributed by atoms with Gasteiger partial charge in [0.2, 0.25) is 5.95 Å². The Hall–Kier alpha value is -4.41. The van der Waals surface area contributed by atoms with Gasteiger partial charge in [0.15, 0.2) is 0 Å². The Morgan fingerprint density at radius 3 is 2.37 bits per heavy atom. The van der Waals surface area contributed by atoms with Gasteiger partial charge >= 0.3 is 12.1 Å². The first-order valence-corrected chi connectivity index (χ1v) is 13.5. The van der Waals surface area contributed by atoms with Crippen molar-refractivity contribution in [2.75, 3.05) is 33.1 Å². The number of ether oxygens (including phenoxy) is 2. The number of hydrogen-bond donors (Lipinski definition) is 2. The molecule has 11 heteroatoms. The Morgan fingerprint density at radius 2 is 1.71 bits per heavy atom. The van der Waals surface area contributed by atoms with Gasteiger partial charge in [0.05, 0.1) is 29.3 Å². The SMILES string of the molecule is COC(=O)c1cccc(C(=O)Nc2nc3cccc(C(=O)N(C)C)c3n2C(C)CCCCNC(=O)OC(C)(C)C)c1. The number of carbonyl (C=O) groups is 4. The molecule has 0 aliphatic rings. The topological polar surface area (TPSA) is 132 Å². The van der Waals surface area contributed by atoms with Crippen LogP contribution in [0.4, 0.5) is 10.7 Å². The average molecular weight is 566 g/mol. The van der Waals surface area contributed by atoms with Crippen LogP contribution >= 0.6 is 0 Å². The van der Waals surface area contributed by atoms with E-state index < -0.39 is 23.6 Å². The van der Waals surface area contributed by atoms with Crippen LogP contribution in [-0.2, 0) is 9.47 Å². The van der Waals surface area contributed by atoms with E-state index in [1.165, 1.54) is 18.1 Å². The average Bonchev–Trinajstić information content (AvgIpc) is 3.28. The number of methoxy groups -OCH3 is 1. The number of unbranched alkanes of at least 4 members (excludes halogenated alkanes) is 1. The van der Waals surface area contributed by atoms with Gasteiger partial charge in [-0.05, 0) is 77.3 Å². The Labute approximate surface area is 240 Å². The van der Waals surface area contributed by atoms with Gasteiger partial charge in [-0.1, -0.05) is 12.1 Å². The zero-order valence-corrected chi connectivity index (χ0v) is 24.7. The van der Waals surface area contributed by atoms with E-state index in [4.69, 9.17) is 9.47 Å². The monoisotopic (exact) mass is 565 g/mol. The van der Waals surface area contributed by atoms with Crippen molar-refractivity contribution in [3.8, 4) is 0 Å². The number of carbonyl (C=O) groups excluding carboxylic acids is 4. The van der Waals surface area contributed by atoms with Gasteiger partial charge in [-0.15, -0.1) is 0 Å². The van der Waals surface area contributed by atoms with Crippen molar-refractivity contribution in [3.63, 3.8) is 0 Å². The summed E-state index contributed by atoms with van der Waals surface area (Å²) >= 11 is 0. The maximum absolute atomic E-state index is 13.3. The summed E-state index contributed by atoms with van der Waals surface area (Å²) in [6.07, 6.45) is 1.70. The lowest BCUT2D eigenvalue weighted by Crippen LogP contribution is -2.33. The maximum atomic E-state index is 13.3. The first-order chi connectivity index (χ1) is 19.3. The number of anilines is 1. The van der Waals surface area contributed by atoms with Crippen molar-refractivity contribution >= 4 is 40.9 Å². The predicted molar refractivity (Wildman–Crippen MR) is 156 cm³/mol. The first kappa shape index (κ1) is 31.1. The molecule has 220 valence electrons. The summed E-state index contributed by atoms with van der Waals surface area (Å²) in [5.41, 5.74) is 1.59. The number of fused-ring (bicyclic) bond motifs is 1. The number of nitrogens with one attached hydrogen (secondary N) is 2. The fourth-order valence-electron chi connectivity index (χ4n) is 4.36. The molecule has 2 aromatic carbocycles. The zero-order chi connectivity index (χ0) is 30.3. The van der Waals surface area contributed by atoms with Gasteiger partial charge in [0, 0.05) is 32.2 Å². The molecule has 0 radical (unpaired) electrons. The molecule has 0 saturated carbocycles. The van der Waals surface area contributed by atoms with E-state index >= 15 is 0 Å². The van der Waals surface area contributed by atoms with Gasteiger partial charge in [-0.3, -0.25) is 14.9 Å². The van der Waals surface area contributed by atoms with E-state index in [0.717, 1.165) is 6.42 Å². The lowest BCUT2D eigenvalue weighted by atomic mass is 10.1. The second-order valence-electron chi connectivity index (χ2n) is 11.0. The number of rotatable bonds is 10. The Bertz CT molecular complexity index is 1420. The largest absolute Gasteiger partial charge is 0.465 e. The van der Waals surface area contributed by atoms with E-state index in [1.807, 2.05) is 32.3 Å². The normalized spacial score (nSPS) is 12.0. The lowest BCUT2D eigenvalue weighted by molar-refractivity contribution is 0.0525. The standard InChI is InChI=1S/C30H39N5O6/c1-19(12-8-9-17-31-29(39)41-30(2,3)4)35-24-22(26(37)34(5)6)15-11-16-23(24)32-28(35)33-25(36)20-13-10-14-21(18-20)27(38)40-7/h10-11,13-16,18-19H,8-9,12,17H2,1-7H3,(H,31,39)(H,32,33,36). The fraction of sp³-hybridized carbons (Fsp3) is 0.433. The van der Waals surface area contributed by atoms with Crippen molar-refractivity contribution in [2.45, 2.75) is 58.6 Å². The third-order valence-corrected chi connectivity index (χ3v) is 6.28. The van der Waals surface area contributed by atoms with Crippen LogP contribution in [0, 0.1) is 0 Å². The van der Waals surface area contributed by atoms with Crippen LogP contribution < -0.4 is 10.6 Å². The molecule has 1 atom stereocenters. The minimum Gasteiger partial charge on any atom is -0.465 e. The molecule has 2 N–H and O–H groups in total. The molecule has 3 amide bonds. The second-order valence-corrected chi connectivity index (χ2v) is 11.0. The third-order valence-electron chi connectivity index (χ3n) is 6.28. The van der Waals surface area contributed by atoms with Crippen molar-refractivity contribution in [1.82, 2.24) is 19.8 Å². The molecule has 0 spiro atoms. The summed E-state index contributed by atoms with van der Waals surface area (Å²) in [6.45, 7) is 7.88. The smallest absolute Gasteiger partial charge is 0.407 e. The molecule has 3 rings (SSSR count). The summed E-state index contributed by atoms with van der Waals surface area (Å²) in [4.78, 5) is 56.4. The van der Waals surface area contributed by atoms with E-state index in [-0.39, 0.29) is 29.0 Å². The van der Waals surface area contributed by atoms with Crippen molar-refractivity contribution in [1.29, 1.82) is 0 Å². The summed E-state index contributed by atoms with van der Waals surface area (Å²) in [5.74, 6) is -0.906. The van der Waals surface area contributed by atoms with E-state index in [9.17, 15) is 19.2 Å². The highest BCUT2D eigenvalue weighted by Crippen LogP contribution is 2.30. The van der Waals surface area contributed by atoms with Crippen LogP contribution in [0.2, 0.25) is 0 Å². The number of nitrogens with zero attached hydrogens (tertiary/aromatic N) is 3. The van der Waals surface area contributed by atoms with E-state index in [2.05, 4.69) is 15.6 Å². The number of esters is 1. The predicted octanol–water partition coefficient (Wildman–Crippen LogP) is 5.03. The minimum atomic E-state index is -0.565.